The lowest BCUT2D eigenvalue weighted by atomic mass is 10.00. The molecule has 4 heteroatoms. The van der Waals surface area contributed by atoms with Crippen LogP contribution in [0, 0.1) is 0 Å². The molecule has 0 spiro atoms. The summed E-state index contributed by atoms with van der Waals surface area (Å²) in [4.78, 5) is 13.1. The van der Waals surface area contributed by atoms with E-state index in [2.05, 4.69) is 15.0 Å². The lowest BCUT2D eigenvalue weighted by Gasteiger charge is -2.09. The molecule has 0 saturated carbocycles. The number of fused-ring (bicyclic) bond motifs is 2. The van der Waals surface area contributed by atoms with E-state index in [-0.39, 0.29) is 46.4 Å². The van der Waals surface area contributed by atoms with E-state index in [0.29, 0.717) is 11.4 Å². The molecule has 0 aliphatic rings. The van der Waals surface area contributed by atoms with Gasteiger partial charge in [-0.2, -0.15) is 9.97 Å². The number of halogens is 1. The molecule has 0 radical (unpaired) electrons. The van der Waals surface area contributed by atoms with Gasteiger partial charge in [0, 0.05) is 11.1 Å². The smallest absolute Gasteiger partial charge is 0.208 e. The van der Waals surface area contributed by atoms with E-state index in [1.165, 1.54) is 0 Å². The first-order chi connectivity index (χ1) is 17.9. The Kier molecular flexibility index (Phi) is 3.86. The molecule has 5 aromatic carbocycles. The van der Waals surface area contributed by atoms with Gasteiger partial charge in [0.1, 0.15) is 0 Å². The summed E-state index contributed by atoms with van der Waals surface area (Å²) in [5, 5.41) is 3.80. The van der Waals surface area contributed by atoms with Crippen molar-refractivity contribution in [1.29, 1.82) is 0 Å². The second-order valence-electron chi connectivity index (χ2n) is 7.59. The molecule has 0 amide bonds. The van der Waals surface area contributed by atoms with Gasteiger partial charge < -0.3 is 0 Å². The fraction of sp³-hybridized carbons (Fsp3) is 0. The summed E-state index contributed by atoms with van der Waals surface area (Å²) in [5.74, 6) is 0.285. The summed E-state index contributed by atoms with van der Waals surface area (Å²) in [6, 6.07) is 26.1. The summed E-state index contributed by atoms with van der Waals surface area (Å²) in [7, 11) is 0. The first kappa shape index (κ1) is 15.7. The molecule has 6 aromatic rings. The van der Waals surface area contributed by atoms with Gasteiger partial charge in [0.2, 0.25) is 5.28 Å². The zero-order valence-corrected chi connectivity index (χ0v) is 18.1. The van der Waals surface area contributed by atoms with Crippen LogP contribution >= 0.6 is 11.6 Å². The fourth-order valence-electron chi connectivity index (χ4n) is 3.92. The van der Waals surface area contributed by atoms with E-state index in [4.69, 9.17) is 17.1 Å². The van der Waals surface area contributed by atoms with Crippen LogP contribution in [0.4, 0.5) is 0 Å². The first-order valence-corrected chi connectivity index (χ1v) is 10.8. The Labute approximate surface area is 202 Å². The van der Waals surface area contributed by atoms with Crippen molar-refractivity contribution in [1.82, 2.24) is 15.0 Å². The summed E-state index contributed by atoms with van der Waals surface area (Å²) < 4.78 is 35.0. The Hall–Kier alpha value is -4.08. The highest BCUT2D eigenvalue weighted by molar-refractivity contribution is 6.28. The average Bonchev–Trinajstić information content (AvgIpc) is 2.91. The van der Waals surface area contributed by atoms with Gasteiger partial charge in [-0.3, -0.25) is 0 Å². The summed E-state index contributed by atoms with van der Waals surface area (Å²) in [6.45, 7) is 0. The monoisotopic (exact) mass is 447 g/mol. The van der Waals surface area contributed by atoms with E-state index in [0.717, 1.165) is 27.1 Å². The minimum absolute atomic E-state index is 0.00926. The van der Waals surface area contributed by atoms with Crippen molar-refractivity contribution in [3.8, 4) is 33.9 Å². The Morgan fingerprint density at radius 3 is 2.06 bits per heavy atom. The lowest BCUT2D eigenvalue weighted by molar-refractivity contribution is 1.07. The van der Waals surface area contributed by atoms with E-state index >= 15 is 0 Å². The second kappa shape index (κ2) is 8.12. The van der Waals surface area contributed by atoms with Crippen molar-refractivity contribution in [2.24, 2.45) is 0 Å². The number of rotatable bonds is 3. The number of benzene rings is 5. The van der Waals surface area contributed by atoms with E-state index < -0.39 is 0 Å². The molecule has 6 rings (SSSR count). The highest BCUT2D eigenvalue weighted by Crippen LogP contribution is 2.30. The van der Waals surface area contributed by atoms with Crippen molar-refractivity contribution in [2.45, 2.75) is 0 Å². The molecular formula is C29H18ClN3. The summed E-state index contributed by atoms with van der Waals surface area (Å²) >= 11 is 6.29. The van der Waals surface area contributed by atoms with Crippen molar-refractivity contribution in [3.63, 3.8) is 0 Å². The first-order valence-electron chi connectivity index (χ1n) is 12.4. The SMILES string of the molecule is [2H]c1c([2H])c(-c2nc(Cl)nc(-c3cccc4ccccc34)n2)c([2H])c([2H])c1-c1ccc2ccccc2c1. The van der Waals surface area contributed by atoms with Crippen LogP contribution < -0.4 is 0 Å². The van der Waals surface area contributed by atoms with Crippen LogP contribution in [-0.2, 0) is 0 Å². The van der Waals surface area contributed by atoms with Gasteiger partial charge in [-0.15, -0.1) is 0 Å². The third kappa shape index (κ3) is 3.73. The molecule has 0 bridgehead atoms. The molecule has 0 aliphatic heterocycles. The van der Waals surface area contributed by atoms with Gasteiger partial charge in [0.05, 0.1) is 5.48 Å². The second-order valence-corrected chi connectivity index (χ2v) is 7.93. The van der Waals surface area contributed by atoms with Crippen LogP contribution in [0.2, 0.25) is 5.28 Å². The maximum atomic E-state index is 8.77. The van der Waals surface area contributed by atoms with Gasteiger partial charge in [-0.1, -0.05) is 103 Å². The van der Waals surface area contributed by atoms with Gasteiger partial charge in [0.15, 0.2) is 11.6 Å². The molecule has 1 heterocycles. The maximum absolute atomic E-state index is 8.77. The zero-order valence-electron chi connectivity index (χ0n) is 21.3. The standard InChI is InChI=1S/C29H18ClN3/c30-29-32-27(31-28(33-29)26-11-5-9-21-7-3-4-10-25(21)26)22-15-12-20(13-16-22)24-17-14-19-6-1-2-8-23(19)18-24/h1-18H/i12D,13D,15D,16D. The topological polar surface area (TPSA) is 38.7 Å². The third-order valence-electron chi connectivity index (χ3n) is 5.53. The molecule has 0 atom stereocenters. The van der Waals surface area contributed by atoms with Gasteiger partial charge in [0.25, 0.3) is 0 Å². The molecule has 0 unspecified atom stereocenters. The molecule has 33 heavy (non-hydrogen) atoms. The minimum atomic E-state index is -0.240. The molecule has 0 aliphatic carbocycles. The Morgan fingerprint density at radius 1 is 0.545 bits per heavy atom. The largest absolute Gasteiger partial charge is 0.226 e. The van der Waals surface area contributed by atoms with Crippen LogP contribution in [0.1, 0.15) is 5.48 Å². The number of nitrogens with zero attached hydrogens (tertiary/aromatic N) is 3. The van der Waals surface area contributed by atoms with Crippen LogP contribution in [0.15, 0.2) is 109 Å². The lowest BCUT2D eigenvalue weighted by Crippen LogP contribution is -1.97. The van der Waals surface area contributed by atoms with Crippen LogP contribution in [-0.4, -0.2) is 15.0 Å². The molecule has 0 saturated heterocycles. The molecular weight excluding hydrogens is 426 g/mol. The normalized spacial score (nSPS) is 12.9. The average molecular weight is 448 g/mol. The number of hydrogen-bond donors (Lipinski definition) is 0. The Morgan fingerprint density at radius 2 is 1.21 bits per heavy atom. The van der Waals surface area contributed by atoms with Crippen molar-refractivity contribution >= 4 is 33.1 Å². The minimum Gasteiger partial charge on any atom is -0.208 e. The predicted molar refractivity (Wildman–Crippen MR) is 136 cm³/mol. The third-order valence-corrected chi connectivity index (χ3v) is 5.69. The summed E-state index contributed by atoms with van der Waals surface area (Å²) in [6.07, 6.45) is 0. The highest BCUT2D eigenvalue weighted by Gasteiger charge is 2.12. The van der Waals surface area contributed by atoms with E-state index in [9.17, 15) is 0 Å². The number of hydrogen-bond acceptors (Lipinski definition) is 3. The van der Waals surface area contributed by atoms with E-state index in [1.54, 1.807) is 0 Å². The predicted octanol–water partition coefficient (Wildman–Crippen LogP) is 7.83. The molecule has 3 nitrogen and oxygen atoms in total. The Balaban J connectivity index is 1.54. The zero-order chi connectivity index (χ0) is 25.7. The molecule has 1 aromatic heterocycles. The van der Waals surface area contributed by atoms with Gasteiger partial charge in [-0.05, 0) is 50.3 Å². The number of aromatic nitrogens is 3. The Bertz CT molecular complexity index is 1820. The van der Waals surface area contributed by atoms with Crippen LogP contribution in [0.3, 0.4) is 0 Å². The molecule has 156 valence electrons. The quantitative estimate of drug-likeness (QED) is 0.277. The fourth-order valence-corrected chi connectivity index (χ4v) is 4.08. The van der Waals surface area contributed by atoms with E-state index in [1.807, 2.05) is 84.9 Å². The van der Waals surface area contributed by atoms with Crippen molar-refractivity contribution in [3.05, 3.63) is 114 Å². The van der Waals surface area contributed by atoms with Gasteiger partial charge >= 0.3 is 0 Å². The van der Waals surface area contributed by atoms with Crippen molar-refractivity contribution < 1.29 is 5.48 Å². The molecule has 0 fully saturated rings. The maximum Gasteiger partial charge on any atom is 0.226 e. The van der Waals surface area contributed by atoms with Crippen LogP contribution in [0.5, 0.6) is 0 Å². The molecule has 0 N–H and O–H groups in total. The van der Waals surface area contributed by atoms with Crippen molar-refractivity contribution in [2.75, 3.05) is 0 Å². The van der Waals surface area contributed by atoms with Gasteiger partial charge in [-0.25, -0.2) is 4.98 Å². The van der Waals surface area contributed by atoms with Crippen LogP contribution in [0.25, 0.3) is 55.4 Å². The summed E-state index contributed by atoms with van der Waals surface area (Å²) in [5.41, 5.74) is 1.53. The highest BCUT2D eigenvalue weighted by atomic mass is 35.5.